The molecular weight excluding hydrogens is 368 g/mol. The summed E-state index contributed by atoms with van der Waals surface area (Å²) in [6, 6.07) is 17.8. The van der Waals surface area contributed by atoms with Crippen molar-refractivity contribution in [2.75, 3.05) is 7.11 Å². The number of benzene rings is 2. The lowest BCUT2D eigenvalue weighted by molar-refractivity contribution is -0.145. The predicted octanol–water partition coefficient (Wildman–Crippen LogP) is 2.41. The number of carbonyl (C=O) groups excluding carboxylic acids is 3. The predicted molar refractivity (Wildman–Crippen MR) is 111 cm³/mol. The fourth-order valence-corrected chi connectivity index (χ4v) is 3.12. The van der Waals surface area contributed by atoms with Gasteiger partial charge in [-0.15, -0.1) is 0 Å². The minimum atomic E-state index is -0.767. The van der Waals surface area contributed by atoms with E-state index in [0.29, 0.717) is 19.3 Å². The van der Waals surface area contributed by atoms with E-state index in [0.717, 1.165) is 12.0 Å². The van der Waals surface area contributed by atoms with E-state index >= 15 is 0 Å². The first kappa shape index (κ1) is 22.1. The lowest BCUT2D eigenvalue weighted by Crippen LogP contribution is -2.52. The van der Waals surface area contributed by atoms with Gasteiger partial charge in [0.05, 0.1) is 7.11 Å². The van der Waals surface area contributed by atoms with Gasteiger partial charge in [0.25, 0.3) is 0 Å². The van der Waals surface area contributed by atoms with Crippen LogP contribution in [0.25, 0.3) is 0 Å². The topological polar surface area (TPSA) is 84.5 Å². The maximum atomic E-state index is 12.8. The molecule has 2 amide bonds. The molecule has 0 aliphatic rings. The van der Waals surface area contributed by atoms with E-state index in [1.54, 1.807) is 0 Å². The Bertz CT molecular complexity index is 793. The summed E-state index contributed by atoms with van der Waals surface area (Å²) >= 11 is 0. The summed E-state index contributed by atoms with van der Waals surface area (Å²) in [6.45, 7) is 1.36. The van der Waals surface area contributed by atoms with Gasteiger partial charge in [-0.25, -0.2) is 4.79 Å². The van der Waals surface area contributed by atoms with Crippen molar-refractivity contribution in [3.63, 3.8) is 0 Å². The highest BCUT2D eigenvalue weighted by molar-refractivity contribution is 5.90. The van der Waals surface area contributed by atoms with Crippen LogP contribution in [0, 0.1) is 0 Å². The lowest BCUT2D eigenvalue weighted by atomic mass is 10.0. The molecule has 154 valence electrons. The van der Waals surface area contributed by atoms with E-state index in [9.17, 15) is 14.4 Å². The number of aryl methyl sites for hydroxylation is 1. The normalized spacial score (nSPS) is 12.5. The number of esters is 1. The average molecular weight is 396 g/mol. The molecule has 0 heterocycles. The van der Waals surface area contributed by atoms with Crippen LogP contribution in [-0.2, 0) is 32.0 Å². The summed E-state index contributed by atoms with van der Waals surface area (Å²) < 4.78 is 4.85. The van der Waals surface area contributed by atoms with Gasteiger partial charge in [0.15, 0.2) is 0 Å². The van der Waals surface area contributed by atoms with Gasteiger partial charge in [-0.05, 0) is 30.4 Å². The van der Waals surface area contributed by atoms with Crippen LogP contribution in [0.15, 0.2) is 60.7 Å². The zero-order valence-corrected chi connectivity index (χ0v) is 16.9. The van der Waals surface area contributed by atoms with E-state index in [-0.39, 0.29) is 5.91 Å². The highest BCUT2D eigenvalue weighted by atomic mass is 16.5. The number of hydrogen-bond donors (Lipinski definition) is 2. The van der Waals surface area contributed by atoms with E-state index in [2.05, 4.69) is 10.6 Å². The summed E-state index contributed by atoms with van der Waals surface area (Å²) in [7, 11) is 1.30. The largest absolute Gasteiger partial charge is 0.467 e. The van der Waals surface area contributed by atoms with Crippen LogP contribution in [0.1, 0.15) is 30.9 Å². The molecule has 0 aliphatic heterocycles. The Morgan fingerprint density at radius 2 is 1.45 bits per heavy atom. The van der Waals surface area contributed by atoms with Crippen LogP contribution in [0.4, 0.5) is 0 Å². The van der Waals surface area contributed by atoms with Gasteiger partial charge in [-0.1, -0.05) is 60.7 Å². The van der Waals surface area contributed by atoms with Crippen LogP contribution in [0.3, 0.4) is 0 Å². The van der Waals surface area contributed by atoms with Gasteiger partial charge < -0.3 is 15.4 Å². The summed E-state index contributed by atoms with van der Waals surface area (Å²) in [4.78, 5) is 36.6. The molecule has 0 unspecified atom stereocenters. The zero-order valence-electron chi connectivity index (χ0n) is 16.9. The standard InChI is InChI=1S/C23H28N2O4/c1-17(26)24-21(16-19-12-7-4-8-13-19)22(27)25-20(23(28)29-2)15-9-14-18-10-5-3-6-11-18/h3-8,10-13,20-21H,9,14-16H2,1-2H3,(H,24,26)(H,25,27)/t20-,21-/m1/s1. The lowest BCUT2D eigenvalue weighted by Gasteiger charge is -2.22. The molecule has 29 heavy (non-hydrogen) atoms. The van der Waals surface area contributed by atoms with Crippen molar-refractivity contribution < 1.29 is 19.1 Å². The number of nitrogens with one attached hydrogen (secondary N) is 2. The molecule has 2 aromatic rings. The van der Waals surface area contributed by atoms with E-state index in [1.807, 2.05) is 60.7 Å². The summed E-state index contributed by atoms with van der Waals surface area (Å²) in [5.41, 5.74) is 2.09. The van der Waals surface area contributed by atoms with Gasteiger partial charge in [-0.2, -0.15) is 0 Å². The molecule has 0 radical (unpaired) electrons. The minimum Gasteiger partial charge on any atom is -0.467 e. The molecule has 2 N–H and O–H groups in total. The first-order chi connectivity index (χ1) is 14.0. The molecule has 0 spiro atoms. The van der Waals surface area contributed by atoms with Crippen molar-refractivity contribution in [1.82, 2.24) is 10.6 Å². The Labute approximate surface area is 171 Å². The number of amides is 2. The van der Waals surface area contributed by atoms with Crippen LogP contribution in [0.2, 0.25) is 0 Å². The van der Waals surface area contributed by atoms with Crippen molar-refractivity contribution in [3.05, 3.63) is 71.8 Å². The number of hydrogen-bond acceptors (Lipinski definition) is 4. The fraction of sp³-hybridized carbons (Fsp3) is 0.348. The number of carbonyl (C=O) groups is 3. The Hall–Kier alpha value is -3.15. The van der Waals surface area contributed by atoms with E-state index < -0.39 is 24.0 Å². The fourth-order valence-electron chi connectivity index (χ4n) is 3.12. The number of methoxy groups -OCH3 is 1. The van der Waals surface area contributed by atoms with Gasteiger partial charge in [0.2, 0.25) is 11.8 Å². The SMILES string of the molecule is COC(=O)[C@@H](CCCc1ccccc1)NC(=O)[C@@H](Cc1ccccc1)NC(C)=O. The molecule has 0 saturated carbocycles. The third kappa shape index (κ3) is 7.78. The Morgan fingerprint density at radius 1 is 0.862 bits per heavy atom. The number of rotatable bonds is 10. The summed E-state index contributed by atoms with van der Waals surface area (Å²) in [5.74, 6) is -1.20. The minimum absolute atomic E-state index is 0.306. The monoisotopic (exact) mass is 396 g/mol. The first-order valence-corrected chi connectivity index (χ1v) is 9.72. The van der Waals surface area contributed by atoms with Crippen molar-refractivity contribution >= 4 is 17.8 Å². The van der Waals surface area contributed by atoms with Crippen molar-refractivity contribution in [2.24, 2.45) is 0 Å². The second-order valence-electron chi connectivity index (χ2n) is 6.90. The summed E-state index contributed by atoms with van der Waals surface area (Å²) in [6.07, 6.45) is 2.30. The molecular formula is C23H28N2O4. The maximum Gasteiger partial charge on any atom is 0.328 e. The van der Waals surface area contributed by atoms with Crippen molar-refractivity contribution in [1.29, 1.82) is 0 Å². The van der Waals surface area contributed by atoms with Gasteiger partial charge in [0, 0.05) is 13.3 Å². The van der Waals surface area contributed by atoms with Crippen molar-refractivity contribution in [3.8, 4) is 0 Å². The molecule has 0 fully saturated rings. The Morgan fingerprint density at radius 3 is 2.00 bits per heavy atom. The Balaban J connectivity index is 2.00. The Kier molecular flexibility index (Phi) is 8.89. The van der Waals surface area contributed by atoms with Crippen LogP contribution in [-0.4, -0.2) is 37.0 Å². The molecule has 6 heteroatoms. The quantitative estimate of drug-likeness (QED) is 0.604. The molecule has 2 atom stereocenters. The number of ether oxygens (including phenoxy) is 1. The highest BCUT2D eigenvalue weighted by Crippen LogP contribution is 2.09. The molecule has 6 nitrogen and oxygen atoms in total. The van der Waals surface area contributed by atoms with Gasteiger partial charge in [-0.3, -0.25) is 9.59 Å². The van der Waals surface area contributed by atoms with Gasteiger partial charge >= 0.3 is 5.97 Å². The second kappa shape index (κ2) is 11.6. The summed E-state index contributed by atoms with van der Waals surface area (Å²) in [5, 5.41) is 5.42. The van der Waals surface area contributed by atoms with E-state index in [1.165, 1.54) is 19.6 Å². The third-order valence-electron chi connectivity index (χ3n) is 4.58. The van der Waals surface area contributed by atoms with Crippen LogP contribution in [0.5, 0.6) is 0 Å². The van der Waals surface area contributed by atoms with Crippen molar-refractivity contribution in [2.45, 2.75) is 44.7 Å². The molecule has 2 rings (SSSR count). The third-order valence-corrected chi connectivity index (χ3v) is 4.58. The average Bonchev–Trinajstić information content (AvgIpc) is 2.73. The van der Waals surface area contributed by atoms with E-state index in [4.69, 9.17) is 4.74 Å². The van der Waals surface area contributed by atoms with Gasteiger partial charge in [0.1, 0.15) is 12.1 Å². The maximum absolute atomic E-state index is 12.8. The smallest absolute Gasteiger partial charge is 0.328 e. The molecule has 2 aromatic carbocycles. The zero-order chi connectivity index (χ0) is 21.1. The highest BCUT2D eigenvalue weighted by Gasteiger charge is 2.26. The molecule has 0 saturated heterocycles. The van der Waals surface area contributed by atoms with Crippen LogP contribution < -0.4 is 10.6 Å². The molecule has 0 aromatic heterocycles. The molecule has 0 bridgehead atoms. The second-order valence-corrected chi connectivity index (χ2v) is 6.90. The first-order valence-electron chi connectivity index (χ1n) is 9.72. The van der Waals surface area contributed by atoms with Crippen LogP contribution >= 0.6 is 0 Å². The molecule has 0 aliphatic carbocycles.